The molecule has 4 heteroatoms. The smallest absolute Gasteiger partial charge is 0.129 e. The first-order valence-corrected chi connectivity index (χ1v) is 7.01. The third-order valence-corrected chi connectivity index (χ3v) is 4.23. The maximum absolute atomic E-state index is 8.98. The van der Waals surface area contributed by atoms with Gasteiger partial charge in [0.15, 0.2) is 0 Å². The van der Waals surface area contributed by atoms with E-state index in [1.807, 2.05) is 6.20 Å². The Morgan fingerprint density at radius 2 is 2.29 bits per heavy atom. The Labute approximate surface area is 111 Å². The van der Waals surface area contributed by atoms with E-state index in [2.05, 4.69) is 38.8 Å². The molecule has 0 unspecified atom stereocenters. The number of aryl methyl sites for hydroxylation is 1. The van der Waals surface area contributed by atoms with Gasteiger partial charge < -0.3 is 10.0 Å². The summed E-state index contributed by atoms with van der Waals surface area (Å²) in [5.41, 5.74) is 1.21. The van der Waals surface area contributed by atoms with Crippen molar-refractivity contribution in [2.24, 2.45) is 0 Å². The predicted molar refractivity (Wildman–Crippen MR) is 73.4 cm³/mol. The van der Waals surface area contributed by atoms with Gasteiger partial charge in [-0.05, 0) is 60.2 Å². The number of anilines is 1. The molecule has 1 aliphatic rings. The molecule has 1 saturated carbocycles. The topological polar surface area (TPSA) is 36.4 Å². The van der Waals surface area contributed by atoms with Crippen LogP contribution in [0.5, 0.6) is 0 Å². The van der Waals surface area contributed by atoms with Crippen molar-refractivity contribution in [3.63, 3.8) is 0 Å². The lowest BCUT2D eigenvalue weighted by Gasteiger charge is -2.38. The summed E-state index contributed by atoms with van der Waals surface area (Å²) in [6.45, 7) is 3.23. The van der Waals surface area contributed by atoms with Crippen LogP contribution in [0.2, 0.25) is 0 Å². The quantitative estimate of drug-likeness (QED) is 0.908. The molecule has 1 heterocycles. The van der Waals surface area contributed by atoms with Crippen molar-refractivity contribution in [2.75, 3.05) is 18.1 Å². The van der Waals surface area contributed by atoms with E-state index in [0.717, 1.165) is 23.3 Å². The lowest BCUT2D eigenvalue weighted by Crippen LogP contribution is -2.41. The van der Waals surface area contributed by atoms with Crippen LogP contribution in [-0.2, 0) is 0 Å². The average molecular weight is 299 g/mol. The number of hydrogen-bond acceptors (Lipinski definition) is 3. The molecule has 94 valence electrons. The lowest BCUT2D eigenvalue weighted by atomic mass is 9.91. The van der Waals surface area contributed by atoms with E-state index in [1.165, 1.54) is 24.8 Å². The summed E-state index contributed by atoms with van der Waals surface area (Å²) in [4.78, 5) is 6.84. The van der Waals surface area contributed by atoms with Crippen molar-refractivity contribution in [1.82, 2.24) is 4.98 Å². The molecule has 1 fully saturated rings. The second-order valence-electron chi connectivity index (χ2n) is 4.65. The van der Waals surface area contributed by atoms with Gasteiger partial charge in [-0.2, -0.15) is 0 Å². The molecule has 0 aromatic carbocycles. The number of hydrogen-bond donors (Lipinski definition) is 1. The third-order valence-electron chi connectivity index (χ3n) is 3.40. The standard InChI is InChI=1S/C13H19BrN2O/c1-10-8-13(15-9-12(10)14)16(6-3-7-17)11-4-2-5-11/h8-9,11,17H,2-7H2,1H3. The first kappa shape index (κ1) is 12.8. The Hall–Kier alpha value is -0.610. The van der Waals surface area contributed by atoms with E-state index in [1.54, 1.807) is 0 Å². The van der Waals surface area contributed by atoms with Gasteiger partial charge in [-0.3, -0.25) is 0 Å². The van der Waals surface area contributed by atoms with Crippen LogP contribution in [-0.4, -0.2) is 29.3 Å². The molecule has 2 rings (SSSR count). The van der Waals surface area contributed by atoms with Crippen LogP contribution in [0.4, 0.5) is 5.82 Å². The molecule has 0 amide bonds. The molecular formula is C13H19BrN2O. The largest absolute Gasteiger partial charge is 0.396 e. The van der Waals surface area contributed by atoms with Crippen LogP contribution in [0.15, 0.2) is 16.7 Å². The van der Waals surface area contributed by atoms with Gasteiger partial charge in [0, 0.05) is 29.9 Å². The Morgan fingerprint density at radius 3 is 2.82 bits per heavy atom. The first-order chi connectivity index (χ1) is 8.22. The molecule has 0 radical (unpaired) electrons. The zero-order valence-electron chi connectivity index (χ0n) is 10.2. The van der Waals surface area contributed by atoms with Gasteiger partial charge in [0.2, 0.25) is 0 Å². The summed E-state index contributed by atoms with van der Waals surface area (Å²) in [5, 5.41) is 8.98. The highest BCUT2D eigenvalue weighted by Gasteiger charge is 2.25. The number of rotatable bonds is 5. The van der Waals surface area contributed by atoms with Crippen LogP contribution < -0.4 is 4.90 Å². The van der Waals surface area contributed by atoms with E-state index in [4.69, 9.17) is 5.11 Å². The molecule has 1 aliphatic carbocycles. The molecular weight excluding hydrogens is 280 g/mol. The molecule has 0 saturated heterocycles. The van der Waals surface area contributed by atoms with E-state index in [-0.39, 0.29) is 6.61 Å². The van der Waals surface area contributed by atoms with Crippen LogP contribution in [0, 0.1) is 6.92 Å². The molecule has 0 atom stereocenters. The number of aliphatic hydroxyl groups excluding tert-OH is 1. The molecule has 3 nitrogen and oxygen atoms in total. The number of nitrogens with zero attached hydrogens (tertiary/aromatic N) is 2. The van der Waals surface area contributed by atoms with Crippen LogP contribution >= 0.6 is 15.9 Å². The third kappa shape index (κ3) is 2.99. The maximum Gasteiger partial charge on any atom is 0.129 e. The normalized spacial score (nSPS) is 15.7. The van der Waals surface area contributed by atoms with Crippen LogP contribution in [0.25, 0.3) is 0 Å². The second kappa shape index (κ2) is 5.83. The predicted octanol–water partition coefficient (Wildman–Crippen LogP) is 2.89. The molecule has 0 bridgehead atoms. The summed E-state index contributed by atoms with van der Waals surface area (Å²) in [6.07, 6.45) is 6.50. The Bertz CT molecular complexity index is 380. The van der Waals surface area contributed by atoms with Gasteiger partial charge in [0.25, 0.3) is 0 Å². The summed E-state index contributed by atoms with van der Waals surface area (Å²) >= 11 is 3.48. The van der Waals surface area contributed by atoms with Gasteiger partial charge in [0.05, 0.1) is 0 Å². The van der Waals surface area contributed by atoms with E-state index < -0.39 is 0 Å². The van der Waals surface area contributed by atoms with Gasteiger partial charge >= 0.3 is 0 Å². The summed E-state index contributed by atoms with van der Waals surface area (Å²) in [5.74, 6) is 1.05. The maximum atomic E-state index is 8.98. The molecule has 17 heavy (non-hydrogen) atoms. The molecule has 0 spiro atoms. The minimum atomic E-state index is 0.249. The van der Waals surface area contributed by atoms with Crippen molar-refractivity contribution in [3.05, 3.63) is 22.3 Å². The number of pyridine rings is 1. The Balaban J connectivity index is 2.15. The highest BCUT2D eigenvalue weighted by atomic mass is 79.9. The number of halogens is 1. The van der Waals surface area contributed by atoms with Gasteiger partial charge in [0.1, 0.15) is 5.82 Å². The summed E-state index contributed by atoms with van der Waals surface area (Å²) in [7, 11) is 0. The highest BCUT2D eigenvalue weighted by Crippen LogP contribution is 2.30. The fourth-order valence-corrected chi connectivity index (χ4v) is 2.32. The molecule has 1 aromatic heterocycles. The SMILES string of the molecule is Cc1cc(N(CCCO)C2CCC2)ncc1Br. The number of aliphatic hydroxyl groups is 1. The van der Waals surface area contributed by atoms with Gasteiger partial charge in [-0.1, -0.05) is 0 Å². The lowest BCUT2D eigenvalue weighted by molar-refractivity contribution is 0.282. The Morgan fingerprint density at radius 1 is 1.53 bits per heavy atom. The van der Waals surface area contributed by atoms with Gasteiger partial charge in [-0.15, -0.1) is 0 Å². The van der Waals surface area contributed by atoms with Crippen molar-refractivity contribution >= 4 is 21.7 Å². The van der Waals surface area contributed by atoms with Crippen LogP contribution in [0.3, 0.4) is 0 Å². The van der Waals surface area contributed by atoms with E-state index in [9.17, 15) is 0 Å². The van der Waals surface area contributed by atoms with Crippen molar-refractivity contribution in [1.29, 1.82) is 0 Å². The monoisotopic (exact) mass is 298 g/mol. The molecule has 1 aromatic rings. The zero-order valence-corrected chi connectivity index (χ0v) is 11.8. The van der Waals surface area contributed by atoms with E-state index >= 15 is 0 Å². The number of aromatic nitrogens is 1. The minimum absolute atomic E-state index is 0.249. The summed E-state index contributed by atoms with van der Waals surface area (Å²) < 4.78 is 1.05. The van der Waals surface area contributed by atoms with Crippen LogP contribution in [0.1, 0.15) is 31.2 Å². The summed E-state index contributed by atoms with van der Waals surface area (Å²) in [6, 6.07) is 2.74. The zero-order chi connectivity index (χ0) is 12.3. The molecule has 0 aliphatic heterocycles. The van der Waals surface area contributed by atoms with Crippen molar-refractivity contribution < 1.29 is 5.11 Å². The fourth-order valence-electron chi connectivity index (χ4n) is 2.11. The Kier molecular flexibility index (Phi) is 4.40. The van der Waals surface area contributed by atoms with E-state index in [0.29, 0.717) is 6.04 Å². The molecule has 1 N–H and O–H groups in total. The van der Waals surface area contributed by atoms with Crippen molar-refractivity contribution in [3.8, 4) is 0 Å². The first-order valence-electron chi connectivity index (χ1n) is 6.22. The van der Waals surface area contributed by atoms with Gasteiger partial charge in [-0.25, -0.2) is 4.98 Å². The highest BCUT2D eigenvalue weighted by molar-refractivity contribution is 9.10. The average Bonchev–Trinajstić information content (AvgIpc) is 2.25. The minimum Gasteiger partial charge on any atom is -0.396 e. The second-order valence-corrected chi connectivity index (χ2v) is 5.50. The van der Waals surface area contributed by atoms with Crippen molar-refractivity contribution in [2.45, 2.75) is 38.6 Å². The fraction of sp³-hybridized carbons (Fsp3) is 0.615.